The van der Waals surface area contributed by atoms with Crippen LogP contribution in [0.2, 0.25) is 0 Å². The lowest BCUT2D eigenvalue weighted by Gasteiger charge is -2.22. The maximum Gasteiger partial charge on any atom is 0.229 e. The molecule has 1 fully saturated rings. The minimum atomic E-state index is -0.0435. The van der Waals surface area contributed by atoms with Crippen LogP contribution in [-0.4, -0.2) is 40.1 Å². The number of nitrogens with zero attached hydrogens (tertiary/aromatic N) is 2. The Morgan fingerprint density at radius 2 is 2.19 bits per heavy atom. The van der Waals surface area contributed by atoms with Gasteiger partial charge in [0.25, 0.3) is 0 Å². The highest BCUT2D eigenvalue weighted by atomic mass is 16.3. The maximum atomic E-state index is 12.3. The summed E-state index contributed by atoms with van der Waals surface area (Å²) in [7, 11) is 0. The van der Waals surface area contributed by atoms with E-state index in [0.29, 0.717) is 18.1 Å². The van der Waals surface area contributed by atoms with Gasteiger partial charge in [0, 0.05) is 12.1 Å². The summed E-state index contributed by atoms with van der Waals surface area (Å²) in [6.07, 6.45) is 3.57. The number of hydrogen-bond donors (Lipinski definition) is 1. The largest absolute Gasteiger partial charge is 0.444 e. The van der Waals surface area contributed by atoms with Crippen molar-refractivity contribution in [1.29, 1.82) is 0 Å². The number of rotatable bonds is 4. The molecule has 0 spiro atoms. The first-order valence-electron chi connectivity index (χ1n) is 7.18. The molecule has 2 heterocycles. The van der Waals surface area contributed by atoms with Crippen molar-refractivity contribution in [1.82, 2.24) is 9.88 Å². The fourth-order valence-corrected chi connectivity index (χ4v) is 2.71. The molecule has 0 bridgehead atoms. The van der Waals surface area contributed by atoms with E-state index in [9.17, 15) is 9.90 Å². The third-order valence-corrected chi connectivity index (χ3v) is 3.81. The average Bonchev–Trinajstić information content (AvgIpc) is 3.16. The molecule has 0 aliphatic carbocycles. The van der Waals surface area contributed by atoms with Crippen molar-refractivity contribution in [3.8, 4) is 11.5 Å². The van der Waals surface area contributed by atoms with Gasteiger partial charge in [-0.2, -0.15) is 0 Å². The molecule has 1 aromatic carbocycles. The lowest BCUT2D eigenvalue weighted by atomic mass is 10.2. The van der Waals surface area contributed by atoms with E-state index in [2.05, 4.69) is 4.98 Å². The molecular weight excluding hydrogens is 268 g/mol. The summed E-state index contributed by atoms with van der Waals surface area (Å²) in [6.45, 7) is 0.743. The highest BCUT2D eigenvalue weighted by Gasteiger charge is 2.28. The molecule has 21 heavy (non-hydrogen) atoms. The number of amides is 1. The second-order valence-electron chi connectivity index (χ2n) is 5.25. The van der Waals surface area contributed by atoms with Gasteiger partial charge in [-0.25, -0.2) is 4.98 Å². The van der Waals surface area contributed by atoms with Crippen LogP contribution >= 0.6 is 0 Å². The quantitative estimate of drug-likeness (QED) is 0.931. The molecule has 110 valence electrons. The van der Waals surface area contributed by atoms with Crippen LogP contribution in [0, 0.1) is 0 Å². The van der Waals surface area contributed by atoms with E-state index >= 15 is 0 Å². The van der Waals surface area contributed by atoms with Crippen LogP contribution in [-0.2, 0) is 11.2 Å². The Morgan fingerprint density at radius 1 is 1.38 bits per heavy atom. The molecule has 0 saturated carbocycles. The highest BCUT2D eigenvalue weighted by molar-refractivity contribution is 5.79. The Bertz CT molecular complexity index is 609. The van der Waals surface area contributed by atoms with Crippen LogP contribution in [0.1, 0.15) is 18.5 Å². The first kappa shape index (κ1) is 13.8. The Morgan fingerprint density at radius 3 is 2.95 bits per heavy atom. The van der Waals surface area contributed by atoms with Crippen molar-refractivity contribution in [2.45, 2.75) is 25.3 Å². The van der Waals surface area contributed by atoms with Gasteiger partial charge in [0.2, 0.25) is 11.8 Å². The fraction of sp³-hybridized carbons (Fsp3) is 0.375. The Labute approximate surface area is 123 Å². The molecule has 2 aromatic rings. The summed E-state index contributed by atoms with van der Waals surface area (Å²) in [5, 5.41) is 9.28. The van der Waals surface area contributed by atoms with Crippen LogP contribution in [0.5, 0.6) is 0 Å². The van der Waals surface area contributed by atoms with E-state index in [1.165, 1.54) is 6.26 Å². The number of hydrogen-bond acceptors (Lipinski definition) is 4. The van der Waals surface area contributed by atoms with Crippen molar-refractivity contribution in [2.24, 2.45) is 0 Å². The summed E-state index contributed by atoms with van der Waals surface area (Å²) in [5.41, 5.74) is 1.52. The van der Waals surface area contributed by atoms with Crippen LogP contribution in [0.15, 0.2) is 41.0 Å². The Balaban J connectivity index is 1.69. The van der Waals surface area contributed by atoms with Crippen LogP contribution in [0.4, 0.5) is 0 Å². The van der Waals surface area contributed by atoms with Crippen molar-refractivity contribution in [3.63, 3.8) is 0 Å². The van der Waals surface area contributed by atoms with E-state index < -0.39 is 0 Å². The van der Waals surface area contributed by atoms with Gasteiger partial charge in [-0.05, 0) is 25.0 Å². The van der Waals surface area contributed by atoms with Crippen LogP contribution < -0.4 is 0 Å². The van der Waals surface area contributed by atoms with Crippen molar-refractivity contribution < 1.29 is 14.3 Å². The fourth-order valence-electron chi connectivity index (χ4n) is 2.71. The molecule has 1 aromatic heterocycles. The summed E-state index contributed by atoms with van der Waals surface area (Å²) < 4.78 is 5.44. The third-order valence-electron chi connectivity index (χ3n) is 3.81. The molecule has 5 nitrogen and oxygen atoms in total. The van der Waals surface area contributed by atoms with Crippen LogP contribution in [0.25, 0.3) is 11.5 Å². The van der Waals surface area contributed by atoms with Gasteiger partial charge in [0.05, 0.1) is 24.8 Å². The summed E-state index contributed by atoms with van der Waals surface area (Å²) in [5.74, 6) is 0.526. The summed E-state index contributed by atoms with van der Waals surface area (Å²) in [6, 6.07) is 9.55. The lowest BCUT2D eigenvalue weighted by molar-refractivity contribution is -0.132. The van der Waals surface area contributed by atoms with E-state index in [-0.39, 0.29) is 25.0 Å². The van der Waals surface area contributed by atoms with Gasteiger partial charge in [0.15, 0.2) is 0 Å². The van der Waals surface area contributed by atoms with E-state index in [4.69, 9.17) is 4.42 Å². The number of carbonyl (C=O) groups excluding carboxylic acids is 1. The molecule has 0 radical (unpaired) electrons. The first-order chi connectivity index (χ1) is 10.3. The molecule has 1 amide bonds. The normalized spacial score (nSPS) is 18.1. The lowest BCUT2D eigenvalue weighted by Crippen LogP contribution is -2.38. The zero-order valence-electron chi connectivity index (χ0n) is 11.7. The highest BCUT2D eigenvalue weighted by Crippen LogP contribution is 2.20. The molecule has 0 unspecified atom stereocenters. The van der Waals surface area contributed by atoms with Gasteiger partial charge in [-0.15, -0.1) is 0 Å². The molecule has 1 aliphatic heterocycles. The summed E-state index contributed by atoms with van der Waals surface area (Å²) in [4.78, 5) is 18.4. The molecule has 1 atom stereocenters. The Hall–Kier alpha value is -2.14. The van der Waals surface area contributed by atoms with Gasteiger partial charge in [-0.1, -0.05) is 18.2 Å². The number of benzene rings is 1. The van der Waals surface area contributed by atoms with Gasteiger partial charge in [-0.3, -0.25) is 4.79 Å². The standard InChI is InChI=1S/C16H18N2O3/c19-10-14-7-4-8-18(14)15(20)9-13-11-21-16(17-13)12-5-2-1-3-6-12/h1-3,5-6,11,14,19H,4,7-10H2/t14-/m1/s1. The third kappa shape index (κ3) is 2.97. The first-order valence-corrected chi connectivity index (χ1v) is 7.18. The minimum absolute atomic E-state index is 0.000498. The topological polar surface area (TPSA) is 66.6 Å². The molecule has 1 N–H and O–H groups in total. The molecule has 1 saturated heterocycles. The minimum Gasteiger partial charge on any atom is -0.444 e. The van der Waals surface area contributed by atoms with Gasteiger partial charge >= 0.3 is 0 Å². The number of aliphatic hydroxyl groups is 1. The average molecular weight is 286 g/mol. The van der Waals surface area contributed by atoms with Crippen molar-refractivity contribution >= 4 is 5.91 Å². The number of oxazole rings is 1. The SMILES string of the molecule is O=C(Cc1coc(-c2ccccc2)n1)N1CCC[C@@H]1CO. The predicted octanol–water partition coefficient (Wildman–Crippen LogP) is 1.87. The number of aliphatic hydroxyl groups excluding tert-OH is 1. The monoisotopic (exact) mass is 286 g/mol. The second-order valence-corrected chi connectivity index (χ2v) is 5.25. The Kier molecular flexibility index (Phi) is 4.01. The molecule has 1 aliphatic rings. The summed E-state index contributed by atoms with van der Waals surface area (Å²) >= 11 is 0. The van der Waals surface area contributed by atoms with E-state index in [0.717, 1.165) is 18.4 Å². The van der Waals surface area contributed by atoms with Crippen molar-refractivity contribution in [2.75, 3.05) is 13.2 Å². The number of likely N-dealkylation sites (tertiary alicyclic amines) is 1. The van der Waals surface area contributed by atoms with Crippen LogP contribution in [0.3, 0.4) is 0 Å². The van der Waals surface area contributed by atoms with E-state index in [1.807, 2.05) is 30.3 Å². The number of carbonyl (C=O) groups is 1. The smallest absolute Gasteiger partial charge is 0.229 e. The number of aromatic nitrogens is 1. The maximum absolute atomic E-state index is 12.3. The zero-order chi connectivity index (χ0) is 14.7. The molecule has 3 rings (SSSR count). The van der Waals surface area contributed by atoms with E-state index in [1.54, 1.807) is 4.90 Å². The predicted molar refractivity (Wildman–Crippen MR) is 77.5 cm³/mol. The van der Waals surface area contributed by atoms with Gasteiger partial charge in [0.1, 0.15) is 6.26 Å². The molecular formula is C16H18N2O3. The van der Waals surface area contributed by atoms with Crippen molar-refractivity contribution in [3.05, 3.63) is 42.3 Å². The second kappa shape index (κ2) is 6.10. The molecule has 5 heteroatoms. The zero-order valence-corrected chi connectivity index (χ0v) is 11.7. The van der Waals surface area contributed by atoms with Gasteiger partial charge < -0.3 is 14.4 Å².